The molecular weight excluding hydrogens is 594 g/mol. The number of hydrogen-bond acceptors (Lipinski definition) is 8. The molecule has 7 atom stereocenters. The van der Waals surface area contributed by atoms with Gasteiger partial charge in [-0.25, -0.2) is 0 Å². The third-order valence-electron chi connectivity index (χ3n) is 11.6. The molecule has 0 aromatic heterocycles. The molecule has 47 heavy (non-hydrogen) atoms. The maximum Gasteiger partial charge on any atom is 0.314 e. The number of rotatable bonds is 19. The van der Waals surface area contributed by atoms with E-state index in [4.69, 9.17) is 19.3 Å². The SMILES string of the molecule is CCC1C=CCCC2(CC3CCC4C(C(=O)OCCCCCCCCCCCCCCCCC(=O)O)C5(CCCCO5)NC(N2)N34)O1. The van der Waals surface area contributed by atoms with Gasteiger partial charge in [0.25, 0.3) is 0 Å². The summed E-state index contributed by atoms with van der Waals surface area (Å²) in [6, 6.07) is 0.504. The Morgan fingerprint density at radius 3 is 2.21 bits per heavy atom. The number of allylic oxidation sites excluding steroid dienone is 1. The number of hydrogen-bond donors (Lipinski definition) is 3. The summed E-state index contributed by atoms with van der Waals surface area (Å²) >= 11 is 0. The quantitative estimate of drug-likeness (QED) is 0.0736. The lowest BCUT2D eigenvalue weighted by atomic mass is 9.80. The van der Waals surface area contributed by atoms with Crippen LogP contribution in [0.1, 0.15) is 161 Å². The molecule has 0 aliphatic carbocycles. The second-order valence-corrected chi connectivity index (χ2v) is 15.1. The molecule has 4 saturated heterocycles. The zero-order valence-corrected chi connectivity index (χ0v) is 29.4. The van der Waals surface area contributed by atoms with Crippen LogP contribution in [0.25, 0.3) is 0 Å². The van der Waals surface area contributed by atoms with Crippen LogP contribution in [0.5, 0.6) is 0 Å². The van der Waals surface area contributed by atoms with Gasteiger partial charge in [0, 0.05) is 31.5 Å². The average Bonchev–Trinajstić information content (AvgIpc) is 3.36. The van der Waals surface area contributed by atoms with Crippen LogP contribution in [0.15, 0.2) is 12.2 Å². The van der Waals surface area contributed by atoms with Crippen molar-refractivity contribution in [1.82, 2.24) is 15.5 Å². The number of nitrogens with zero attached hydrogens (tertiary/aromatic N) is 1. The summed E-state index contributed by atoms with van der Waals surface area (Å²) < 4.78 is 19.4. The molecule has 268 valence electrons. The molecule has 0 amide bonds. The van der Waals surface area contributed by atoms with E-state index >= 15 is 0 Å². The highest BCUT2D eigenvalue weighted by Gasteiger charge is 2.63. The Morgan fingerprint density at radius 1 is 0.894 bits per heavy atom. The van der Waals surface area contributed by atoms with Gasteiger partial charge in [-0.2, -0.15) is 0 Å². The molecule has 5 aliphatic rings. The Kier molecular flexibility index (Phi) is 14.4. The first kappa shape index (κ1) is 36.8. The van der Waals surface area contributed by atoms with Crippen molar-refractivity contribution in [2.75, 3.05) is 13.2 Å². The number of ether oxygens (including phenoxy) is 3. The van der Waals surface area contributed by atoms with Gasteiger partial charge in [0.1, 0.15) is 23.7 Å². The van der Waals surface area contributed by atoms with E-state index in [0.29, 0.717) is 25.7 Å². The van der Waals surface area contributed by atoms with Gasteiger partial charge in [-0.3, -0.25) is 25.1 Å². The summed E-state index contributed by atoms with van der Waals surface area (Å²) in [5, 5.41) is 16.5. The van der Waals surface area contributed by atoms with Gasteiger partial charge in [-0.05, 0) is 64.2 Å². The molecule has 9 heteroatoms. The van der Waals surface area contributed by atoms with Crippen LogP contribution in [-0.4, -0.2) is 71.1 Å². The van der Waals surface area contributed by atoms with Crippen LogP contribution < -0.4 is 10.6 Å². The highest BCUT2D eigenvalue weighted by molar-refractivity contribution is 5.75. The number of carbonyl (C=O) groups is 2. The Labute approximate surface area is 284 Å². The first-order valence-electron chi connectivity index (χ1n) is 19.6. The molecule has 9 nitrogen and oxygen atoms in total. The molecular formula is C38H65N3O6. The largest absolute Gasteiger partial charge is 0.481 e. The Hall–Kier alpha value is -1.52. The summed E-state index contributed by atoms with van der Waals surface area (Å²) in [5.74, 6) is -1.06. The van der Waals surface area contributed by atoms with Crippen molar-refractivity contribution in [3.63, 3.8) is 0 Å². The van der Waals surface area contributed by atoms with Crippen LogP contribution >= 0.6 is 0 Å². The average molecular weight is 660 g/mol. The van der Waals surface area contributed by atoms with E-state index in [1.807, 2.05) is 0 Å². The zero-order valence-electron chi connectivity index (χ0n) is 29.4. The number of unbranched alkanes of at least 4 members (excludes halogenated alkanes) is 13. The van der Waals surface area contributed by atoms with Crippen LogP contribution in [0, 0.1) is 5.92 Å². The van der Waals surface area contributed by atoms with E-state index in [1.165, 1.54) is 64.2 Å². The number of carboxylic acid groups (broad SMARTS) is 1. The van der Waals surface area contributed by atoms with Crippen molar-refractivity contribution in [1.29, 1.82) is 0 Å². The number of carboxylic acids is 1. The van der Waals surface area contributed by atoms with Crippen molar-refractivity contribution in [2.45, 2.75) is 197 Å². The van der Waals surface area contributed by atoms with Crippen molar-refractivity contribution >= 4 is 11.9 Å². The molecule has 0 saturated carbocycles. The van der Waals surface area contributed by atoms with Gasteiger partial charge >= 0.3 is 11.9 Å². The van der Waals surface area contributed by atoms with Crippen molar-refractivity contribution in [2.24, 2.45) is 5.92 Å². The maximum absolute atomic E-state index is 13.9. The topological polar surface area (TPSA) is 109 Å². The van der Waals surface area contributed by atoms with Crippen LogP contribution in [-0.2, 0) is 23.8 Å². The first-order chi connectivity index (χ1) is 23.0. The highest BCUT2D eigenvalue weighted by Crippen LogP contribution is 2.48. The minimum Gasteiger partial charge on any atom is -0.481 e. The van der Waals surface area contributed by atoms with Gasteiger partial charge in [0.15, 0.2) is 0 Å². The van der Waals surface area contributed by atoms with Crippen molar-refractivity contribution < 1.29 is 28.9 Å². The third-order valence-corrected chi connectivity index (χ3v) is 11.6. The predicted molar refractivity (Wildman–Crippen MR) is 183 cm³/mol. The van der Waals surface area contributed by atoms with Gasteiger partial charge in [-0.15, -0.1) is 0 Å². The van der Waals surface area contributed by atoms with Gasteiger partial charge in [0.05, 0.1) is 12.7 Å². The lowest BCUT2D eigenvalue weighted by Crippen LogP contribution is -2.81. The molecule has 4 fully saturated rings. The smallest absolute Gasteiger partial charge is 0.314 e. The fraction of sp³-hybridized carbons (Fsp3) is 0.895. The summed E-state index contributed by atoms with van der Waals surface area (Å²) in [7, 11) is 0. The number of nitrogens with one attached hydrogen (secondary N) is 2. The van der Waals surface area contributed by atoms with Crippen LogP contribution in [0.4, 0.5) is 0 Å². The zero-order chi connectivity index (χ0) is 33.0. The van der Waals surface area contributed by atoms with Gasteiger partial charge in [-0.1, -0.05) is 96.1 Å². The van der Waals surface area contributed by atoms with Crippen molar-refractivity contribution in [3.05, 3.63) is 12.2 Å². The summed E-state index contributed by atoms with van der Waals surface area (Å²) in [5.41, 5.74) is -1.04. The summed E-state index contributed by atoms with van der Waals surface area (Å²) in [4.78, 5) is 27.0. The number of aliphatic carboxylic acids is 1. The first-order valence-corrected chi connectivity index (χ1v) is 19.6. The van der Waals surface area contributed by atoms with E-state index in [2.05, 4.69) is 34.6 Å². The predicted octanol–water partition coefficient (Wildman–Crippen LogP) is 7.53. The molecule has 0 bridgehead atoms. The second kappa shape index (κ2) is 18.5. The number of carbonyl (C=O) groups excluding carboxylic acids is 1. The minimum atomic E-state index is -0.684. The maximum atomic E-state index is 13.9. The van der Waals surface area contributed by atoms with Crippen LogP contribution in [0.3, 0.4) is 0 Å². The second-order valence-electron chi connectivity index (χ2n) is 15.1. The van der Waals surface area contributed by atoms with E-state index < -0.39 is 11.7 Å². The molecule has 7 unspecified atom stereocenters. The molecule has 5 aliphatic heterocycles. The van der Waals surface area contributed by atoms with Gasteiger partial charge < -0.3 is 19.3 Å². The third kappa shape index (κ3) is 10.0. The lowest BCUT2D eigenvalue weighted by molar-refractivity contribution is -0.244. The molecule has 3 N–H and O–H groups in total. The molecule has 5 heterocycles. The van der Waals surface area contributed by atoms with Crippen molar-refractivity contribution in [3.8, 4) is 0 Å². The number of esters is 1. The molecule has 2 spiro atoms. The Bertz CT molecular complexity index is 1000. The lowest BCUT2D eigenvalue weighted by Gasteiger charge is -2.60. The standard InChI is InChI=1S/C38H65N3O6/c1-2-31-21-16-17-25-37(47-31)29-30-23-24-32-34(38(26-18-20-28-46-38)40-36(39-37)41(30)32)35(44)45-27-19-14-12-10-8-6-4-3-5-7-9-11-13-15-22-33(42)43/h16,21,30-32,34,36,39-40H,2-15,17-20,22-29H2,1H3,(H,42,43). The molecule has 0 aromatic carbocycles. The Morgan fingerprint density at radius 2 is 1.57 bits per heavy atom. The molecule has 5 rings (SSSR count). The normalized spacial score (nSPS) is 33.6. The van der Waals surface area contributed by atoms with E-state index in [9.17, 15) is 9.59 Å². The molecule has 0 radical (unpaired) electrons. The summed E-state index contributed by atoms with van der Waals surface area (Å²) in [6.45, 7) is 3.37. The minimum absolute atomic E-state index is 0.0686. The van der Waals surface area contributed by atoms with E-state index in [1.54, 1.807) is 0 Å². The fourth-order valence-electron chi connectivity index (χ4n) is 9.10. The van der Waals surface area contributed by atoms with Gasteiger partial charge in [0.2, 0.25) is 0 Å². The van der Waals surface area contributed by atoms with E-state index in [-0.39, 0.29) is 36.0 Å². The highest BCUT2D eigenvalue weighted by atomic mass is 16.5. The van der Waals surface area contributed by atoms with Crippen LogP contribution in [0.2, 0.25) is 0 Å². The summed E-state index contributed by atoms with van der Waals surface area (Å²) in [6.07, 6.45) is 30.4. The molecule has 0 aromatic rings. The van der Waals surface area contributed by atoms with E-state index in [0.717, 1.165) is 83.5 Å². The fourth-order valence-corrected chi connectivity index (χ4v) is 9.10. The monoisotopic (exact) mass is 659 g/mol. The Balaban J connectivity index is 0.998.